The van der Waals surface area contributed by atoms with E-state index in [4.69, 9.17) is 5.11 Å². The lowest BCUT2D eigenvalue weighted by Gasteiger charge is -2.07. The highest BCUT2D eigenvalue weighted by atomic mass is 79.9. The predicted octanol–water partition coefficient (Wildman–Crippen LogP) is 2.30. The average Bonchev–Trinajstić information content (AvgIpc) is 2.82. The van der Waals surface area contributed by atoms with E-state index in [0.717, 1.165) is 8.66 Å². The SMILES string of the molecule is C/C(C(=O)O)=C(/C)C(=O)NC(=O)NCCc1ccc(Br)s1. The third-order valence-electron chi connectivity index (χ3n) is 2.74. The zero-order valence-electron chi connectivity index (χ0n) is 11.5. The molecule has 0 aromatic carbocycles. The minimum absolute atomic E-state index is 0.000151. The normalized spacial score (nSPS) is 11.6. The van der Waals surface area contributed by atoms with Crippen LogP contribution in [0, 0.1) is 0 Å². The Morgan fingerprint density at radius 2 is 1.90 bits per heavy atom. The average molecular weight is 375 g/mol. The van der Waals surface area contributed by atoms with E-state index in [1.807, 2.05) is 12.1 Å². The van der Waals surface area contributed by atoms with Crippen LogP contribution in [0.25, 0.3) is 0 Å². The van der Waals surface area contributed by atoms with Crippen LogP contribution in [0.2, 0.25) is 0 Å². The van der Waals surface area contributed by atoms with Crippen molar-refractivity contribution >= 4 is 45.2 Å². The van der Waals surface area contributed by atoms with Gasteiger partial charge in [-0.25, -0.2) is 9.59 Å². The lowest BCUT2D eigenvalue weighted by atomic mass is 10.1. The number of rotatable bonds is 5. The number of thiophene rings is 1. The molecular formula is C13H15BrN2O4S. The summed E-state index contributed by atoms with van der Waals surface area (Å²) >= 11 is 4.92. The molecule has 21 heavy (non-hydrogen) atoms. The number of carboxylic acid groups (broad SMARTS) is 1. The molecule has 1 heterocycles. The molecule has 0 saturated carbocycles. The quantitative estimate of drug-likeness (QED) is 0.689. The molecule has 3 N–H and O–H groups in total. The Kier molecular flexibility index (Phi) is 6.57. The van der Waals surface area contributed by atoms with E-state index >= 15 is 0 Å². The summed E-state index contributed by atoms with van der Waals surface area (Å²) in [5.74, 6) is -1.91. The van der Waals surface area contributed by atoms with E-state index in [1.54, 1.807) is 11.3 Å². The molecule has 8 heteroatoms. The number of nitrogens with one attached hydrogen (secondary N) is 2. The second-order valence-corrected chi connectivity index (χ2v) is 6.77. The van der Waals surface area contributed by atoms with E-state index in [1.165, 1.54) is 13.8 Å². The molecule has 114 valence electrons. The van der Waals surface area contributed by atoms with E-state index < -0.39 is 17.9 Å². The minimum Gasteiger partial charge on any atom is -0.478 e. The first-order valence-corrected chi connectivity index (χ1v) is 7.66. The molecule has 0 radical (unpaired) electrons. The van der Waals surface area contributed by atoms with Crippen LogP contribution in [0.1, 0.15) is 18.7 Å². The van der Waals surface area contributed by atoms with Gasteiger partial charge in [0.15, 0.2) is 0 Å². The Balaban J connectivity index is 2.41. The van der Waals surface area contributed by atoms with E-state index in [0.29, 0.717) is 13.0 Å². The van der Waals surface area contributed by atoms with E-state index in [9.17, 15) is 14.4 Å². The third kappa shape index (κ3) is 5.68. The molecule has 3 amide bonds. The molecule has 0 aliphatic carbocycles. The van der Waals surface area contributed by atoms with Gasteiger partial charge in [0.25, 0.3) is 5.91 Å². The van der Waals surface area contributed by atoms with Crippen LogP contribution in [0.5, 0.6) is 0 Å². The first-order chi connectivity index (χ1) is 9.81. The molecule has 0 aliphatic rings. The molecule has 0 spiro atoms. The monoisotopic (exact) mass is 374 g/mol. The number of carbonyl (C=O) groups excluding carboxylic acids is 2. The maximum atomic E-state index is 11.6. The van der Waals surface area contributed by atoms with Gasteiger partial charge in [0.05, 0.1) is 3.79 Å². The minimum atomic E-state index is -1.19. The second kappa shape index (κ2) is 7.94. The van der Waals surface area contributed by atoms with Crippen molar-refractivity contribution in [3.8, 4) is 0 Å². The maximum Gasteiger partial charge on any atom is 0.331 e. The summed E-state index contributed by atoms with van der Waals surface area (Å²) in [6, 6.07) is 3.22. The van der Waals surface area contributed by atoms with Crippen molar-refractivity contribution in [3.63, 3.8) is 0 Å². The summed E-state index contributed by atoms with van der Waals surface area (Å²) in [7, 11) is 0. The van der Waals surface area contributed by atoms with Gasteiger partial charge in [-0.05, 0) is 48.3 Å². The van der Waals surface area contributed by atoms with Crippen molar-refractivity contribution in [1.29, 1.82) is 0 Å². The van der Waals surface area contributed by atoms with Crippen LogP contribution in [-0.2, 0) is 16.0 Å². The first kappa shape index (κ1) is 17.4. The fourth-order valence-corrected chi connectivity index (χ4v) is 2.84. The van der Waals surface area contributed by atoms with Crippen LogP contribution >= 0.6 is 27.3 Å². The third-order valence-corrected chi connectivity index (χ3v) is 4.42. The van der Waals surface area contributed by atoms with Gasteiger partial charge in [-0.15, -0.1) is 11.3 Å². The molecule has 1 aromatic rings. The number of aliphatic carboxylic acids is 1. The smallest absolute Gasteiger partial charge is 0.331 e. The van der Waals surface area contributed by atoms with Gasteiger partial charge in [-0.3, -0.25) is 10.1 Å². The van der Waals surface area contributed by atoms with Gasteiger partial charge < -0.3 is 10.4 Å². The van der Waals surface area contributed by atoms with Gasteiger partial charge in [0.2, 0.25) is 0 Å². The zero-order chi connectivity index (χ0) is 16.0. The van der Waals surface area contributed by atoms with Crippen molar-refractivity contribution in [2.24, 2.45) is 0 Å². The van der Waals surface area contributed by atoms with Crippen LogP contribution in [0.3, 0.4) is 0 Å². The van der Waals surface area contributed by atoms with Crippen LogP contribution in [0.15, 0.2) is 27.1 Å². The first-order valence-electron chi connectivity index (χ1n) is 6.05. The standard InChI is InChI=1S/C13H15BrN2O4S/c1-7(8(2)12(18)19)11(17)16-13(20)15-6-5-9-3-4-10(14)21-9/h3-4H,5-6H2,1-2H3,(H,18,19)(H2,15,16,17,20)/b8-7+. The van der Waals surface area contributed by atoms with Gasteiger partial charge >= 0.3 is 12.0 Å². The largest absolute Gasteiger partial charge is 0.478 e. The van der Waals surface area contributed by atoms with Crippen molar-refractivity contribution in [3.05, 3.63) is 31.9 Å². The van der Waals surface area contributed by atoms with Gasteiger partial charge in [-0.1, -0.05) is 0 Å². The molecular weight excluding hydrogens is 360 g/mol. The topological polar surface area (TPSA) is 95.5 Å². The highest BCUT2D eigenvalue weighted by Gasteiger charge is 2.14. The molecule has 0 atom stereocenters. The molecule has 1 rings (SSSR count). The number of imide groups is 1. The number of hydrogen-bond donors (Lipinski definition) is 3. The molecule has 0 unspecified atom stereocenters. The number of hydrogen-bond acceptors (Lipinski definition) is 4. The summed E-state index contributed by atoms with van der Waals surface area (Å²) < 4.78 is 1.02. The highest BCUT2D eigenvalue weighted by molar-refractivity contribution is 9.11. The van der Waals surface area contributed by atoms with Crippen molar-refractivity contribution in [2.45, 2.75) is 20.3 Å². The summed E-state index contributed by atoms with van der Waals surface area (Å²) in [6.07, 6.45) is 0.654. The Morgan fingerprint density at radius 3 is 2.43 bits per heavy atom. The number of halogens is 1. The maximum absolute atomic E-state index is 11.6. The van der Waals surface area contributed by atoms with Crippen LogP contribution in [0.4, 0.5) is 4.79 Å². The van der Waals surface area contributed by atoms with Crippen LogP contribution < -0.4 is 10.6 Å². The Bertz CT molecular complexity index is 595. The van der Waals surface area contributed by atoms with Gasteiger partial charge in [0, 0.05) is 22.6 Å². The molecule has 6 nitrogen and oxygen atoms in total. The van der Waals surface area contributed by atoms with Crippen molar-refractivity contribution < 1.29 is 19.5 Å². The molecule has 0 saturated heterocycles. The number of carboxylic acids is 1. The van der Waals surface area contributed by atoms with Gasteiger partial charge in [-0.2, -0.15) is 0 Å². The Morgan fingerprint density at radius 1 is 1.24 bits per heavy atom. The molecule has 1 aromatic heterocycles. The summed E-state index contributed by atoms with van der Waals surface area (Å²) in [5, 5.41) is 13.4. The lowest BCUT2D eigenvalue weighted by Crippen LogP contribution is -2.40. The summed E-state index contributed by atoms with van der Waals surface area (Å²) in [6.45, 7) is 3.05. The number of amides is 3. The fraction of sp³-hybridized carbons (Fsp3) is 0.308. The number of carbonyl (C=O) groups is 3. The molecule has 0 fully saturated rings. The van der Waals surface area contributed by atoms with Crippen molar-refractivity contribution in [1.82, 2.24) is 10.6 Å². The zero-order valence-corrected chi connectivity index (χ0v) is 13.9. The Hall–Kier alpha value is -1.67. The van der Waals surface area contributed by atoms with E-state index in [2.05, 4.69) is 26.6 Å². The van der Waals surface area contributed by atoms with Crippen molar-refractivity contribution in [2.75, 3.05) is 6.54 Å². The second-order valence-electron chi connectivity index (χ2n) is 4.22. The highest BCUT2D eigenvalue weighted by Crippen LogP contribution is 2.21. The lowest BCUT2D eigenvalue weighted by molar-refractivity contribution is -0.133. The molecule has 0 bridgehead atoms. The summed E-state index contributed by atoms with van der Waals surface area (Å²) in [5.41, 5.74) is -0.0939. The van der Waals surface area contributed by atoms with Gasteiger partial charge in [0.1, 0.15) is 0 Å². The summed E-state index contributed by atoms with van der Waals surface area (Å²) in [4.78, 5) is 35.0. The predicted molar refractivity (Wildman–Crippen MR) is 83.3 cm³/mol. The van der Waals surface area contributed by atoms with Crippen LogP contribution in [-0.4, -0.2) is 29.6 Å². The molecule has 0 aliphatic heterocycles. The van der Waals surface area contributed by atoms with E-state index in [-0.39, 0.29) is 11.1 Å². The number of urea groups is 1. The fourth-order valence-electron chi connectivity index (χ4n) is 1.36. The Labute approximate surface area is 134 Å².